The smallest absolute Gasteiger partial charge is 0.306 e. The van der Waals surface area contributed by atoms with Crippen LogP contribution in [0.25, 0.3) is 0 Å². The minimum atomic E-state index is -0.812. The van der Waals surface area contributed by atoms with E-state index >= 15 is 0 Å². The summed E-state index contributed by atoms with van der Waals surface area (Å²) in [7, 11) is 0. The van der Waals surface area contributed by atoms with Gasteiger partial charge in [-0.05, 0) is 57.8 Å². The highest BCUT2D eigenvalue weighted by atomic mass is 16.6. The Labute approximate surface area is 459 Å². The number of allylic oxidation sites excluding steroid dienone is 12. The Morgan fingerprint density at radius 3 is 0.797 bits per heavy atom. The van der Waals surface area contributed by atoms with E-state index in [0.717, 1.165) is 77.0 Å². The van der Waals surface area contributed by atoms with Crippen LogP contribution in [-0.2, 0) is 28.6 Å². The van der Waals surface area contributed by atoms with E-state index in [4.69, 9.17) is 14.2 Å². The standard InChI is InChI=1S/C68H120O6/c1-4-7-10-13-16-18-20-22-24-26-28-29-30-31-32-33-34-35-36-37-38-39-41-42-44-46-48-50-52-55-58-61-67(70)73-64-65(63-72-66(69)60-57-54-15-12-9-6-3)74-68(71)62-59-56-53-51-49-47-45-43-40-27-25-23-21-19-17-14-11-8-5-2/h8,11,17,19,23,25,40,43,47,49,53,56,65H,4-7,9-10,12-16,18,20-22,24,26-39,41-42,44-46,48,50-52,54-55,57-64H2,1-3H3/b11-8-,19-17-,25-23-,43-40-,49-47-,56-53-. The second-order valence-corrected chi connectivity index (χ2v) is 21.3. The van der Waals surface area contributed by atoms with Gasteiger partial charge in [-0.3, -0.25) is 14.4 Å². The maximum absolute atomic E-state index is 12.8. The van der Waals surface area contributed by atoms with Gasteiger partial charge in [0, 0.05) is 19.3 Å². The quantitative estimate of drug-likeness (QED) is 0.0261. The molecule has 0 aliphatic rings. The van der Waals surface area contributed by atoms with E-state index in [1.165, 1.54) is 199 Å². The zero-order valence-corrected chi connectivity index (χ0v) is 49.1. The van der Waals surface area contributed by atoms with Gasteiger partial charge in [0.2, 0.25) is 0 Å². The van der Waals surface area contributed by atoms with Crippen LogP contribution in [0.5, 0.6) is 0 Å². The number of rotatable bonds is 58. The molecule has 0 N–H and O–H groups in total. The molecule has 0 saturated heterocycles. The normalized spacial score (nSPS) is 12.5. The second kappa shape index (κ2) is 62.4. The number of carbonyl (C=O) groups excluding carboxylic acids is 3. The first-order valence-corrected chi connectivity index (χ1v) is 31.9. The number of carbonyl (C=O) groups is 3. The van der Waals surface area contributed by atoms with E-state index in [2.05, 4.69) is 87.6 Å². The van der Waals surface area contributed by atoms with Gasteiger partial charge in [0.05, 0.1) is 0 Å². The highest BCUT2D eigenvalue weighted by Crippen LogP contribution is 2.18. The van der Waals surface area contributed by atoms with E-state index in [-0.39, 0.29) is 31.6 Å². The highest BCUT2D eigenvalue weighted by Gasteiger charge is 2.19. The molecule has 6 nitrogen and oxygen atoms in total. The summed E-state index contributed by atoms with van der Waals surface area (Å²) in [6.45, 7) is 6.44. The van der Waals surface area contributed by atoms with Crippen molar-refractivity contribution in [2.45, 2.75) is 329 Å². The van der Waals surface area contributed by atoms with Crippen LogP contribution in [0.2, 0.25) is 0 Å². The molecule has 0 aromatic carbocycles. The summed E-state index contributed by atoms with van der Waals surface area (Å²) >= 11 is 0. The molecule has 0 bridgehead atoms. The Bertz CT molecular complexity index is 1370. The lowest BCUT2D eigenvalue weighted by Crippen LogP contribution is -2.30. The average Bonchev–Trinajstić information content (AvgIpc) is 3.40. The Kier molecular flexibility index (Phi) is 59.7. The van der Waals surface area contributed by atoms with Gasteiger partial charge in [-0.2, -0.15) is 0 Å². The molecule has 0 radical (unpaired) electrons. The molecule has 1 unspecified atom stereocenters. The molecule has 6 heteroatoms. The number of unbranched alkanes of at least 4 members (excludes halogenated alkanes) is 35. The summed E-state index contributed by atoms with van der Waals surface area (Å²) in [5, 5.41) is 0. The van der Waals surface area contributed by atoms with Gasteiger partial charge in [-0.15, -0.1) is 0 Å². The van der Waals surface area contributed by atoms with Crippen LogP contribution in [0.1, 0.15) is 323 Å². The fourth-order valence-corrected chi connectivity index (χ4v) is 9.24. The summed E-state index contributed by atoms with van der Waals surface area (Å²) in [6.07, 6.45) is 81.3. The second-order valence-electron chi connectivity index (χ2n) is 21.3. The van der Waals surface area contributed by atoms with Crippen molar-refractivity contribution in [3.8, 4) is 0 Å². The summed E-state index contributed by atoms with van der Waals surface area (Å²) < 4.78 is 16.7. The number of ether oxygens (including phenoxy) is 3. The summed E-state index contributed by atoms with van der Waals surface area (Å²) in [6, 6.07) is 0. The third kappa shape index (κ3) is 59.7. The first-order valence-electron chi connectivity index (χ1n) is 31.9. The minimum Gasteiger partial charge on any atom is -0.462 e. The Hall–Kier alpha value is -3.15. The summed E-state index contributed by atoms with van der Waals surface area (Å²) in [5.41, 5.74) is 0. The molecule has 0 fully saturated rings. The molecule has 0 aromatic heterocycles. The van der Waals surface area contributed by atoms with Crippen LogP contribution in [0.3, 0.4) is 0 Å². The third-order valence-corrected chi connectivity index (χ3v) is 14.0. The molecular formula is C68H120O6. The SMILES string of the molecule is CC/C=C\C/C=C\C/C=C\C/C=C\C/C=C\C/C=C\CCC(=O)OC(COC(=O)CCCCCCCC)COC(=O)CCCCCCCCCCCCCCCCCCCCCCCCCCCCCCCCC. The van der Waals surface area contributed by atoms with Crippen molar-refractivity contribution in [3.05, 3.63) is 72.9 Å². The van der Waals surface area contributed by atoms with Crippen LogP contribution in [0.4, 0.5) is 0 Å². The molecular weight excluding hydrogens is 913 g/mol. The largest absolute Gasteiger partial charge is 0.462 e. The van der Waals surface area contributed by atoms with Gasteiger partial charge < -0.3 is 14.2 Å². The molecule has 0 aliphatic heterocycles. The van der Waals surface area contributed by atoms with Crippen molar-refractivity contribution in [1.29, 1.82) is 0 Å². The lowest BCUT2D eigenvalue weighted by Gasteiger charge is -2.18. The van der Waals surface area contributed by atoms with E-state index in [1.807, 2.05) is 6.08 Å². The lowest BCUT2D eigenvalue weighted by molar-refractivity contribution is -0.166. The molecule has 0 aromatic rings. The van der Waals surface area contributed by atoms with Gasteiger partial charge >= 0.3 is 17.9 Å². The van der Waals surface area contributed by atoms with Crippen LogP contribution in [0.15, 0.2) is 72.9 Å². The Balaban J connectivity index is 4.05. The molecule has 74 heavy (non-hydrogen) atoms. The summed E-state index contributed by atoms with van der Waals surface area (Å²) in [5.74, 6) is -0.987. The molecule has 0 saturated carbocycles. The lowest BCUT2D eigenvalue weighted by atomic mass is 10.0. The summed E-state index contributed by atoms with van der Waals surface area (Å²) in [4.78, 5) is 37.9. The highest BCUT2D eigenvalue weighted by molar-refractivity contribution is 5.71. The van der Waals surface area contributed by atoms with Crippen LogP contribution >= 0.6 is 0 Å². The molecule has 0 aliphatic carbocycles. The molecule has 0 heterocycles. The van der Waals surface area contributed by atoms with Crippen molar-refractivity contribution in [1.82, 2.24) is 0 Å². The topological polar surface area (TPSA) is 78.9 Å². The molecule has 0 spiro atoms. The van der Waals surface area contributed by atoms with Gasteiger partial charge in [0.15, 0.2) is 6.10 Å². The van der Waals surface area contributed by atoms with Gasteiger partial charge in [0.1, 0.15) is 13.2 Å². The van der Waals surface area contributed by atoms with E-state index in [9.17, 15) is 14.4 Å². The predicted octanol–water partition coefficient (Wildman–Crippen LogP) is 21.7. The van der Waals surface area contributed by atoms with E-state index in [1.54, 1.807) is 0 Å². The Morgan fingerprint density at radius 2 is 0.527 bits per heavy atom. The van der Waals surface area contributed by atoms with Gasteiger partial charge in [-0.1, -0.05) is 318 Å². The fourth-order valence-electron chi connectivity index (χ4n) is 9.24. The van der Waals surface area contributed by atoms with Crippen LogP contribution in [0, 0.1) is 0 Å². The zero-order chi connectivity index (χ0) is 53.6. The van der Waals surface area contributed by atoms with Crippen molar-refractivity contribution in [3.63, 3.8) is 0 Å². The monoisotopic (exact) mass is 1030 g/mol. The van der Waals surface area contributed by atoms with Crippen LogP contribution in [-0.4, -0.2) is 37.2 Å². The van der Waals surface area contributed by atoms with Gasteiger partial charge in [-0.25, -0.2) is 0 Å². The zero-order valence-electron chi connectivity index (χ0n) is 49.1. The van der Waals surface area contributed by atoms with Crippen molar-refractivity contribution in [2.24, 2.45) is 0 Å². The van der Waals surface area contributed by atoms with E-state index < -0.39 is 12.1 Å². The number of hydrogen-bond acceptors (Lipinski definition) is 6. The van der Waals surface area contributed by atoms with Gasteiger partial charge in [0.25, 0.3) is 0 Å². The van der Waals surface area contributed by atoms with Crippen LogP contribution < -0.4 is 0 Å². The number of esters is 3. The maximum Gasteiger partial charge on any atom is 0.306 e. The Morgan fingerprint density at radius 1 is 0.284 bits per heavy atom. The first-order chi connectivity index (χ1) is 36.5. The van der Waals surface area contributed by atoms with Crippen molar-refractivity contribution >= 4 is 17.9 Å². The molecule has 0 rings (SSSR count). The maximum atomic E-state index is 12.8. The molecule has 428 valence electrons. The first kappa shape index (κ1) is 70.8. The average molecular weight is 1030 g/mol. The van der Waals surface area contributed by atoms with E-state index in [0.29, 0.717) is 19.3 Å². The fraction of sp³-hybridized carbons (Fsp3) is 0.779. The minimum absolute atomic E-state index is 0.103. The van der Waals surface area contributed by atoms with Crippen molar-refractivity contribution < 1.29 is 28.6 Å². The van der Waals surface area contributed by atoms with Crippen molar-refractivity contribution in [2.75, 3.05) is 13.2 Å². The molecule has 0 amide bonds. The number of hydrogen-bond donors (Lipinski definition) is 0. The third-order valence-electron chi connectivity index (χ3n) is 14.0. The molecule has 1 atom stereocenters. The predicted molar refractivity (Wildman–Crippen MR) is 321 cm³/mol.